The highest BCUT2D eigenvalue weighted by molar-refractivity contribution is 6.99. The fourth-order valence-electron chi connectivity index (χ4n) is 1.29. The van der Waals surface area contributed by atoms with Crippen LogP contribution in [0.5, 0.6) is 0 Å². The Morgan fingerprint density at radius 3 is 2.73 bits per heavy atom. The predicted octanol–water partition coefficient (Wildman–Crippen LogP) is 2.44. The molecular formula is C9H16ClN3OS. The molecule has 0 aliphatic carbocycles. The van der Waals surface area contributed by atoms with Crippen LogP contribution in [0.15, 0.2) is 0 Å². The molecule has 1 aromatic rings. The number of anilines is 1. The van der Waals surface area contributed by atoms with Gasteiger partial charge in [-0.1, -0.05) is 18.5 Å². The molecule has 1 heterocycles. The number of aromatic nitrogens is 2. The largest absolute Gasteiger partial charge is 0.383 e. The maximum atomic E-state index is 5.97. The molecule has 0 aliphatic rings. The van der Waals surface area contributed by atoms with Crippen LogP contribution in [0.4, 0.5) is 5.82 Å². The van der Waals surface area contributed by atoms with Crippen molar-refractivity contribution in [3.8, 4) is 0 Å². The second kappa shape index (κ2) is 6.25. The normalized spacial score (nSPS) is 12.8. The molecule has 0 spiro atoms. The zero-order chi connectivity index (χ0) is 11.3. The van der Waals surface area contributed by atoms with Gasteiger partial charge < -0.3 is 9.64 Å². The lowest BCUT2D eigenvalue weighted by Gasteiger charge is -2.28. The van der Waals surface area contributed by atoms with Crippen LogP contribution in [0.3, 0.4) is 0 Å². The van der Waals surface area contributed by atoms with Crippen molar-refractivity contribution < 1.29 is 4.74 Å². The van der Waals surface area contributed by atoms with E-state index >= 15 is 0 Å². The van der Waals surface area contributed by atoms with E-state index in [1.807, 2.05) is 0 Å². The highest BCUT2D eigenvalue weighted by Gasteiger charge is 2.18. The van der Waals surface area contributed by atoms with Gasteiger partial charge in [0, 0.05) is 19.7 Å². The number of ether oxygens (including phenoxy) is 1. The van der Waals surface area contributed by atoms with Gasteiger partial charge in [-0.15, -0.1) is 0 Å². The molecule has 0 fully saturated rings. The zero-order valence-corrected chi connectivity index (χ0v) is 10.8. The minimum atomic E-state index is 0.390. The van der Waals surface area contributed by atoms with Crippen LogP contribution in [-0.2, 0) is 4.74 Å². The van der Waals surface area contributed by atoms with Gasteiger partial charge in [0.15, 0.2) is 11.0 Å². The van der Waals surface area contributed by atoms with E-state index in [1.165, 1.54) is 0 Å². The van der Waals surface area contributed by atoms with Crippen LogP contribution in [0.2, 0.25) is 5.15 Å². The van der Waals surface area contributed by atoms with Gasteiger partial charge in [-0.2, -0.15) is 8.75 Å². The predicted molar refractivity (Wildman–Crippen MR) is 63.9 cm³/mol. The summed E-state index contributed by atoms with van der Waals surface area (Å²) in [7, 11) is 1.69. The molecule has 0 aromatic carbocycles. The zero-order valence-electron chi connectivity index (χ0n) is 9.23. The van der Waals surface area contributed by atoms with Gasteiger partial charge in [-0.3, -0.25) is 0 Å². The molecule has 0 radical (unpaired) electrons. The summed E-state index contributed by atoms with van der Waals surface area (Å²) in [4.78, 5) is 2.13. The van der Waals surface area contributed by atoms with Crippen molar-refractivity contribution in [3.05, 3.63) is 5.15 Å². The molecular weight excluding hydrogens is 234 g/mol. The third-order valence-electron chi connectivity index (χ3n) is 2.36. The first kappa shape index (κ1) is 12.7. The summed E-state index contributed by atoms with van der Waals surface area (Å²) in [6.07, 6.45) is 1.04. The molecule has 86 valence electrons. The molecule has 1 atom stereocenters. The second-order valence-corrected chi connectivity index (χ2v) is 4.21. The molecule has 0 amide bonds. The number of methoxy groups -OCH3 is 1. The van der Waals surface area contributed by atoms with E-state index in [9.17, 15) is 0 Å². The molecule has 0 saturated carbocycles. The summed E-state index contributed by atoms with van der Waals surface area (Å²) >= 11 is 7.11. The average molecular weight is 250 g/mol. The summed E-state index contributed by atoms with van der Waals surface area (Å²) in [5.41, 5.74) is 0. The highest BCUT2D eigenvalue weighted by Crippen LogP contribution is 2.25. The summed E-state index contributed by atoms with van der Waals surface area (Å²) < 4.78 is 13.3. The maximum absolute atomic E-state index is 5.97. The van der Waals surface area contributed by atoms with Crippen LogP contribution >= 0.6 is 23.3 Å². The van der Waals surface area contributed by atoms with Gasteiger partial charge in [0.2, 0.25) is 0 Å². The van der Waals surface area contributed by atoms with Crippen LogP contribution in [0.1, 0.15) is 20.3 Å². The SMILES string of the molecule is CCC(C)N(CCOC)c1nsnc1Cl. The third-order valence-corrected chi connectivity index (χ3v) is 3.24. The van der Waals surface area contributed by atoms with Crippen LogP contribution in [0, 0.1) is 0 Å². The monoisotopic (exact) mass is 249 g/mol. The Bertz CT molecular complexity index is 295. The first-order valence-corrected chi connectivity index (χ1v) is 6.05. The lowest BCUT2D eigenvalue weighted by atomic mass is 10.2. The summed E-state index contributed by atoms with van der Waals surface area (Å²) in [5, 5.41) is 0.483. The molecule has 0 saturated heterocycles. The summed E-state index contributed by atoms with van der Waals surface area (Å²) in [6.45, 7) is 5.73. The topological polar surface area (TPSA) is 38.2 Å². The van der Waals surface area contributed by atoms with Gasteiger partial charge in [-0.25, -0.2) is 0 Å². The molecule has 15 heavy (non-hydrogen) atoms. The molecule has 0 bridgehead atoms. The molecule has 0 aliphatic heterocycles. The summed E-state index contributed by atoms with van der Waals surface area (Å²) in [6, 6.07) is 0.390. The Balaban J connectivity index is 2.76. The standard InChI is InChI=1S/C9H16ClN3OS/c1-4-7(2)13(5-6-14-3)9-8(10)11-15-12-9/h7H,4-6H2,1-3H3. The number of rotatable bonds is 6. The van der Waals surface area contributed by atoms with Crippen molar-refractivity contribution in [1.82, 2.24) is 8.75 Å². The molecule has 6 heteroatoms. The quantitative estimate of drug-likeness (QED) is 0.776. The molecule has 1 unspecified atom stereocenters. The number of nitrogens with zero attached hydrogens (tertiary/aromatic N) is 3. The van der Waals surface area contributed by atoms with Crippen molar-refractivity contribution in [3.63, 3.8) is 0 Å². The summed E-state index contributed by atoms with van der Waals surface area (Å²) in [5.74, 6) is 0.771. The van der Waals surface area contributed by atoms with E-state index in [0.29, 0.717) is 17.8 Å². The van der Waals surface area contributed by atoms with E-state index in [-0.39, 0.29) is 0 Å². The van der Waals surface area contributed by atoms with Gasteiger partial charge in [0.05, 0.1) is 18.3 Å². The average Bonchev–Trinajstić information content (AvgIpc) is 2.65. The Hall–Kier alpha value is -0.390. The first-order chi connectivity index (χ1) is 7.20. The van der Waals surface area contributed by atoms with Crippen molar-refractivity contribution in [2.75, 3.05) is 25.2 Å². The van der Waals surface area contributed by atoms with Gasteiger partial charge in [0.1, 0.15) is 0 Å². The van der Waals surface area contributed by atoms with E-state index in [1.54, 1.807) is 7.11 Å². The van der Waals surface area contributed by atoms with Gasteiger partial charge >= 0.3 is 0 Å². The molecule has 1 rings (SSSR count). The first-order valence-electron chi connectivity index (χ1n) is 4.94. The lowest BCUT2D eigenvalue weighted by Crippen LogP contribution is -2.35. The Morgan fingerprint density at radius 1 is 1.53 bits per heavy atom. The van der Waals surface area contributed by atoms with Gasteiger partial charge in [0.25, 0.3) is 0 Å². The minimum Gasteiger partial charge on any atom is -0.383 e. The van der Waals surface area contributed by atoms with E-state index in [4.69, 9.17) is 16.3 Å². The molecule has 4 nitrogen and oxygen atoms in total. The van der Waals surface area contributed by atoms with Crippen molar-refractivity contribution in [1.29, 1.82) is 0 Å². The molecule has 0 N–H and O–H groups in total. The van der Waals surface area contributed by atoms with E-state index < -0.39 is 0 Å². The molecule has 1 aromatic heterocycles. The fraction of sp³-hybridized carbons (Fsp3) is 0.778. The fourth-order valence-corrected chi connectivity index (χ4v) is 2.05. The van der Waals surface area contributed by atoms with Crippen LogP contribution in [0.25, 0.3) is 0 Å². The smallest absolute Gasteiger partial charge is 0.187 e. The maximum Gasteiger partial charge on any atom is 0.187 e. The van der Waals surface area contributed by atoms with Crippen molar-refractivity contribution in [2.45, 2.75) is 26.3 Å². The van der Waals surface area contributed by atoms with Crippen LogP contribution in [-0.4, -0.2) is 35.1 Å². The highest BCUT2D eigenvalue weighted by atomic mass is 35.5. The Kier molecular flexibility index (Phi) is 5.28. The van der Waals surface area contributed by atoms with E-state index in [0.717, 1.165) is 30.5 Å². The third kappa shape index (κ3) is 3.29. The number of hydrogen-bond donors (Lipinski definition) is 0. The number of halogens is 1. The van der Waals surface area contributed by atoms with Crippen molar-refractivity contribution >= 4 is 29.1 Å². The lowest BCUT2D eigenvalue weighted by molar-refractivity contribution is 0.203. The number of hydrogen-bond acceptors (Lipinski definition) is 5. The minimum absolute atomic E-state index is 0.390. The van der Waals surface area contributed by atoms with E-state index in [2.05, 4.69) is 27.5 Å². The van der Waals surface area contributed by atoms with Gasteiger partial charge in [-0.05, 0) is 13.3 Å². The Labute approximate surface area is 99.5 Å². The Morgan fingerprint density at radius 2 is 2.27 bits per heavy atom. The van der Waals surface area contributed by atoms with Crippen LogP contribution < -0.4 is 4.90 Å². The second-order valence-electron chi connectivity index (χ2n) is 3.32. The van der Waals surface area contributed by atoms with Crippen molar-refractivity contribution in [2.24, 2.45) is 0 Å².